The number of rotatable bonds is 11. The van der Waals surface area contributed by atoms with Gasteiger partial charge in [-0.15, -0.1) is 0 Å². The number of hydrogen-bond donors (Lipinski definition) is 3. The second kappa shape index (κ2) is 12.1. The van der Waals surface area contributed by atoms with Crippen LogP contribution in [0.3, 0.4) is 0 Å². The van der Waals surface area contributed by atoms with Crippen molar-refractivity contribution in [2.75, 3.05) is 43.7 Å². The second-order valence-electron chi connectivity index (χ2n) is 9.81. The Labute approximate surface area is 238 Å². The van der Waals surface area contributed by atoms with Crippen molar-refractivity contribution in [3.05, 3.63) is 89.7 Å². The summed E-state index contributed by atoms with van der Waals surface area (Å²) in [4.78, 5) is 19.0. The summed E-state index contributed by atoms with van der Waals surface area (Å²) in [7, 11) is -4.13. The van der Waals surface area contributed by atoms with Gasteiger partial charge < -0.3 is 20.1 Å². The molecule has 11 nitrogen and oxygen atoms in total. The lowest BCUT2D eigenvalue weighted by Gasteiger charge is -2.27. The van der Waals surface area contributed by atoms with Gasteiger partial charge in [0.05, 0.1) is 34.8 Å². The van der Waals surface area contributed by atoms with E-state index in [1.165, 1.54) is 12.1 Å². The highest BCUT2D eigenvalue weighted by Crippen LogP contribution is 2.28. The molecule has 2 heterocycles. The number of carboxylic acid groups (broad SMARTS) is 1. The lowest BCUT2D eigenvalue weighted by Crippen LogP contribution is -2.38. The van der Waals surface area contributed by atoms with E-state index in [0.717, 1.165) is 40.8 Å². The van der Waals surface area contributed by atoms with Gasteiger partial charge in [-0.1, -0.05) is 42.5 Å². The minimum Gasteiger partial charge on any atom is -0.480 e. The predicted molar refractivity (Wildman–Crippen MR) is 156 cm³/mol. The Balaban J connectivity index is 1.53. The first kappa shape index (κ1) is 28.3. The number of fused-ring (bicyclic) bond motifs is 1. The van der Waals surface area contributed by atoms with E-state index in [1.807, 2.05) is 12.1 Å². The van der Waals surface area contributed by atoms with Gasteiger partial charge in [0.2, 0.25) is 0 Å². The van der Waals surface area contributed by atoms with E-state index in [0.29, 0.717) is 37.3 Å². The van der Waals surface area contributed by atoms with Gasteiger partial charge in [-0.25, -0.2) is 13.4 Å². The molecule has 1 saturated heterocycles. The fraction of sp³-hybridized carbons (Fsp3) is 0.276. The number of anilines is 1. The molecule has 0 bridgehead atoms. The molecule has 0 saturated carbocycles. The molecule has 1 aliphatic rings. The highest BCUT2D eigenvalue weighted by Gasteiger charge is 2.28. The summed E-state index contributed by atoms with van der Waals surface area (Å²) in [5.74, 6) is -0.481. The third-order valence-corrected chi connectivity index (χ3v) is 8.87. The molecule has 4 aromatic rings. The first-order valence-corrected chi connectivity index (χ1v) is 14.7. The maximum Gasteiger partial charge on any atom is 0.324 e. The Kier molecular flexibility index (Phi) is 8.34. The van der Waals surface area contributed by atoms with Crippen LogP contribution in [0, 0.1) is 5.41 Å². The number of morpholine rings is 1. The minimum atomic E-state index is -4.13. The van der Waals surface area contributed by atoms with Gasteiger partial charge >= 0.3 is 5.97 Å². The molecule has 1 fully saturated rings. The zero-order valence-electron chi connectivity index (χ0n) is 22.4. The Morgan fingerprint density at radius 3 is 2.39 bits per heavy atom. The van der Waals surface area contributed by atoms with E-state index < -0.39 is 22.5 Å². The Morgan fingerprint density at radius 1 is 1.02 bits per heavy atom. The highest BCUT2D eigenvalue weighted by molar-refractivity contribution is 7.92. The first-order valence-electron chi connectivity index (χ1n) is 13.2. The number of hydrogen-bond acceptors (Lipinski definition) is 7. The van der Waals surface area contributed by atoms with Crippen molar-refractivity contribution in [1.29, 1.82) is 5.41 Å². The van der Waals surface area contributed by atoms with Crippen molar-refractivity contribution in [1.82, 2.24) is 14.5 Å². The minimum absolute atomic E-state index is 0.00167. The third-order valence-electron chi connectivity index (χ3n) is 7.08. The molecule has 3 aromatic carbocycles. The van der Waals surface area contributed by atoms with Crippen LogP contribution < -0.4 is 10.0 Å². The van der Waals surface area contributed by atoms with Crippen LogP contribution in [0.25, 0.3) is 11.0 Å². The van der Waals surface area contributed by atoms with Crippen molar-refractivity contribution in [2.24, 2.45) is 5.73 Å². The van der Waals surface area contributed by atoms with E-state index in [1.54, 1.807) is 48.5 Å². The molecule has 0 spiro atoms. The van der Waals surface area contributed by atoms with Gasteiger partial charge in [0.25, 0.3) is 10.0 Å². The number of carbonyl (C=O) groups is 1. The molecule has 0 radical (unpaired) electrons. The molecule has 1 aliphatic heterocycles. The zero-order valence-corrected chi connectivity index (χ0v) is 23.3. The largest absolute Gasteiger partial charge is 0.480 e. The zero-order chi connectivity index (χ0) is 29.0. The molecular formula is C29H32N6O5S. The van der Waals surface area contributed by atoms with E-state index >= 15 is 0 Å². The molecule has 4 N–H and O–H groups in total. The average Bonchev–Trinajstić information content (AvgIpc) is 3.31. The number of benzene rings is 3. The van der Waals surface area contributed by atoms with Crippen LogP contribution >= 0.6 is 0 Å². The number of aromatic nitrogens is 2. The fourth-order valence-corrected chi connectivity index (χ4v) is 6.34. The average molecular weight is 577 g/mol. The summed E-state index contributed by atoms with van der Waals surface area (Å²) in [6.45, 7) is 3.81. The lowest BCUT2D eigenvalue weighted by atomic mass is 10.1. The molecule has 41 heavy (non-hydrogen) atoms. The number of nitrogens with one attached hydrogen (secondary N) is 1. The van der Waals surface area contributed by atoms with Crippen molar-refractivity contribution in [3.8, 4) is 0 Å². The van der Waals surface area contributed by atoms with E-state index in [4.69, 9.17) is 20.9 Å². The molecule has 1 aromatic heterocycles. The summed E-state index contributed by atoms with van der Waals surface area (Å²) < 4.78 is 35.4. The van der Waals surface area contributed by atoms with Gasteiger partial charge in [-0.3, -0.25) is 19.4 Å². The fourth-order valence-electron chi connectivity index (χ4n) is 4.92. The number of ether oxygens (including phenoxy) is 1. The van der Waals surface area contributed by atoms with Gasteiger partial charge in [0, 0.05) is 38.2 Å². The van der Waals surface area contributed by atoms with Crippen LogP contribution in [-0.2, 0) is 32.5 Å². The summed E-state index contributed by atoms with van der Waals surface area (Å²) in [5.41, 5.74) is 8.84. The molecule has 0 atom stereocenters. The van der Waals surface area contributed by atoms with E-state index in [9.17, 15) is 18.3 Å². The van der Waals surface area contributed by atoms with Crippen LogP contribution in [0.4, 0.5) is 5.69 Å². The SMILES string of the molecule is N=C(N)c1ccc(Cc2nc3cc(N(CC(=O)O)S(=O)(=O)c4ccccc4)ccc3n2CCN2CCOCC2)cc1. The number of carboxylic acids is 1. The number of nitrogens with zero attached hydrogens (tertiary/aromatic N) is 4. The standard InChI is InChI=1S/C29H32N6O5S/c30-29(31)22-8-6-21(7-9-22)18-27-32-25-19-23(10-11-26(25)34(27)13-12-33-14-16-40-17-15-33)35(20-28(36)37)41(38,39)24-4-2-1-3-5-24/h1-11,19H,12-18,20H2,(H3,30,31)(H,36,37). The lowest BCUT2D eigenvalue weighted by molar-refractivity contribution is -0.135. The van der Waals surface area contributed by atoms with Gasteiger partial charge in [0.1, 0.15) is 18.2 Å². The summed E-state index contributed by atoms with van der Waals surface area (Å²) >= 11 is 0. The van der Waals surface area contributed by atoms with Crippen LogP contribution in [0.15, 0.2) is 77.7 Å². The monoisotopic (exact) mass is 576 g/mol. The molecule has 0 unspecified atom stereocenters. The molecule has 12 heteroatoms. The van der Waals surface area contributed by atoms with Crippen molar-refractivity contribution >= 4 is 38.5 Å². The number of aliphatic carboxylic acids is 1. The topological polar surface area (TPSA) is 155 Å². The van der Waals surface area contributed by atoms with Gasteiger partial charge in [-0.05, 0) is 35.9 Å². The van der Waals surface area contributed by atoms with Crippen LogP contribution in [0.2, 0.25) is 0 Å². The molecule has 5 rings (SSSR count). The Bertz CT molecular complexity index is 1650. The van der Waals surface area contributed by atoms with Crippen molar-refractivity contribution in [2.45, 2.75) is 17.9 Å². The highest BCUT2D eigenvalue weighted by atomic mass is 32.2. The summed E-state index contributed by atoms with van der Waals surface area (Å²) in [6, 6.07) is 20.3. The third kappa shape index (κ3) is 6.40. The van der Waals surface area contributed by atoms with E-state index in [2.05, 4.69) is 9.47 Å². The van der Waals surface area contributed by atoms with Gasteiger partial charge in [-0.2, -0.15) is 0 Å². The smallest absolute Gasteiger partial charge is 0.324 e. The molecule has 0 amide bonds. The maximum absolute atomic E-state index is 13.5. The van der Waals surface area contributed by atoms with E-state index in [-0.39, 0.29) is 16.4 Å². The normalized spacial score (nSPS) is 14.2. The number of nitrogens with two attached hydrogens (primary N) is 1. The van der Waals surface area contributed by atoms with Crippen LogP contribution in [0.1, 0.15) is 17.0 Å². The molecular weight excluding hydrogens is 544 g/mol. The van der Waals surface area contributed by atoms with Crippen molar-refractivity contribution in [3.63, 3.8) is 0 Å². The summed E-state index contributed by atoms with van der Waals surface area (Å²) in [6.07, 6.45) is 0.506. The quantitative estimate of drug-likeness (QED) is 0.182. The Hall–Kier alpha value is -4.26. The maximum atomic E-state index is 13.5. The number of amidine groups is 1. The number of sulfonamides is 1. The first-order chi connectivity index (χ1) is 19.7. The number of nitrogen functional groups attached to an aromatic ring is 1. The second-order valence-corrected chi connectivity index (χ2v) is 11.7. The molecule has 214 valence electrons. The molecule has 0 aliphatic carbocycles. The number of imidazole rings is 1. The summed E-state index contributed by atoms with van der Waals surface area (Å²) in [5, 5.41) is 17.2. The van der Waals surface area contributed by atoms with Crippen molar-refractivity contribution < 1.29 is 23.1 Å². The predicted octanol–water partition coefficient (Wildman–Crippen LogP) is 2.52. The Morgan fingerprint density at radius 2 is 1.73 bits per heavy atom. The van der Waals surface area contributed by atoms with Crippen LogP contribution in [-0.4, -0.2) is 79.2 Å². The van der Waals surface area contributed by atoms with Crippen LogP contribution in [0.5, 0.6) is 0 Å². The van der Waals surface area contributed by atoms with Gasteiger partial charge in [0.15, 0.2) is 0 Å².